The Morgan fingerprint density at radius 1 is 1.05 bits per heavy atom. The number of halogens is 3. The van der Waals surface area contributed by atoms with Crippen LogP contribution < -0.4 is 5.32 Å². The smallest absolute Gasteiger partial charge is 0.303 e. The second-order valence-corrected chi connectivity index (χ2v) is 9.81. The molecular weight excluding hydrogens is 536 g/mol. The van der Waals surface area contributed by atoms with Crippen molar-refractivity contribution in [3.63, 3.8) is 0 Å². The normalized spacial score (nSPS) is 13.4. The zero-order valence-corrected chi connectivity index (χ0v) is 23.6. The summed E-state index contributed by atoms with van der Waals surface area (Å²) in [6, 6.07) is 7.80. The first-order chi connectivity index (χ1) is 19.0. The molecule has 0 aliphatic heterocycles. The van der Waals surface area contributed by atoms with E-state index in [0.29, 0.717) is 53.2 Å². The summed E-state index contributed by atoms with van der Waals surface area (Å²) < 4.78 is 27.0. The minimum Gasteiger partial charge on any atom is -0.481 e. The van der Waals surface area contributed by atoms with Gasteiger partial charge >= 0.3 is 5.97 Å². The largest absolute Gasteiger partial charge is 0.481 e. The van der Waals surface area contributed by atoms with Gasteiger partial charge in [-0.05, 0) is 87.9 Å². The lowest BCUT2D eigenvalue weighted by Crippen LogP contribution is -2.26. The summed E-state index contributed by atoms with van der Waals surface area (Å²) in [5.41, 5.74) is 3.25. The van der Waals surface area contributed by atoms with E-state index in [1.165, 1.54) is 6.07 Å². The van der Waals surface area contributed by atoms with E-state index in [-0.39, 0.29) is 6.42 Å². The molecule has 6 nitrogen and oxygen atoms in total. The quantitative estimate of drug-likeness (QED) is 0.136. The fourth-order valence-electron chi connectivity index (χ4n) is 3.62. The van der Waals surface area contributed by atoms with Gasteiger partial charge in [0.25, 0.3) is 5.91 Å². The summed E-state index contributed by atoms with van der Waals surface area (Å²) >= 11 is 5.89. The number of carbonyl (C=O) groups is 2. The second-order valence-electron chi connectivity index (χ2n) is 9.21. The molecule has 9 heteroatoms. The highest BCUT2D eigenvalue weighted by molar-refractivity contribution is 6.29. The van der Waals surface area contributed by atoms with Crippen molar-refractivity contribution in [3.05, 3.63) is 94.6 Å². The van der Waals surface area contributed by atoms with Gasteiger partial charge in [0.2, 0.25) is 0 Å². The Balaban J connectivity index is 2.34. The lowest BCUT2D eigenvalue weighted by atomic mass is 10.1. The lowest BCUT2D eigenvalue weighted by Gasteiger charge is -2.15. The van der Waals surface area contributed by atoms with Crippen molar-refractivity contribution >= 4 is 46.8 Å². The number of hydrogen-bond donors (Lipinski definition) is 2. The molecule has 0 radical (unpaired) electrons. The zero-order valence-electron chi connectivity index (χ0n) is 22.9. The predicted octanol–water partition coefficient (Wildman–Crippen LogP) is 8.54. The fraction of sp³-hybridized carbons (Fsp3) is 0.290. The van der Waals surface area contributed by atoms with Crippen molar-refractivity contribution in [2.45, 2.75) is 58.9 Å². The summed E-state index contributed by atoms with van der Waals surface area (Å²) in [6.45, 7) is 9.12. The van der Waals surface area contributed by atoms with Gasteiger partial charge in [0.15, 0.2) is 11.6 Å². The van der Waals surface area contributed by atoms with Crippen molar-refractivity contribution in [1.29, 1.82) is 0 Å². The van der Waals surface area contributed by atoms with Crippen LogP contribution in [0.25, 0.3) is 0 Å². The van der Waals surface area contributed by atoms with Gasteiger partial charge in [0.1, 0.15) is 0 Å². The number of carbonyl (C=O) groups excluding carboxylic acids is 1. The van der Waals surface area contributed by atoms with Crippen LogP contribution in [0.1, 0.15) is 74.8 Å². The number of aliphatic imine (C=N–C) groups is 2. The van der Waals surface area contributed by atoms with Gasteiger partial charge in [-0.15, -0.1) is 0 Å². The van der Waals surface area contributed by atoms with Crippen LogP contribution in [-0.4, -0.2) is 28.9 Å². The van der Waals surface area contributed by atoms with E-state index in [4.69, 9.17) is 16.7 Å². The first-order valence-electron chi connectivity index (χ1n) is 12.8. The van der Waals surface area contributed by atoms with Gasteiger partial charge in [0.05, 0.1) is 17.4 Å². The number of benzene rings is 2. The fourth-order valence-corrected chi connectivity index (χ4v) is 3.71. The maximum atomic E-state index is 13.7. The molecule has 1 unspecified atom stereocenters. The number of nitrogens with one attached hydrogen (secondary N) is 1. The number of carboxylic acids is 1. The van der Waals surface area contributed by atoms with E-state index in [1.807, 2.05) is 19.1 Å². The Morgan fingerprint density at radius 3 is 2.42 bits per heavy atom. The summed E-state index contributed by atoms with van der Waals surface area (Å²) in [5, 5.41) is 12.3. The van der Waals surface area contributed by atoms with Crippen molar-refractivity contribution in [3.8, 4) is 0 Å². The van der Waals surface area contributed by atoms with Crippen LogP contribution in [0.2, 0.25) is 0 Å². The standard InChI is InChI=1S/C31H34ClF2N3O3/c1-5-23(11-8-9-20(2)32)19-35-28-16-14-25(18-29(28)36-21(3)10-6-7-12-30(38)39)31(40)37-22(4)24-13-15-26(33)27(34)17-24/h5,9,11,13-19,22H,1,6-8,10,12H2,2-4H3,(H,37,40)(H,38,39)/b20-9+,23-11?,35-19+,36-21+. The molecule has 0 saturated carbocycles. The highest BCUT2D eigenvalue weighted by Crippen LogP contribution is 2.30. The third kappa shape index (κ3) is 11.1. The molecule has 212 valence electrons. The Bertz CT molecular complexity index is 1350. The minimum atomic E-state index is -0.988. The summed E-state index contributed by atoms with van der Waals surface area (Å²) in [4.78, 5) is 33.1. The first-order valence-corrected chi connectivity index (χ1v) is 13.2. The summed E-state index contributed by atoms with van der Waals surface area (Å²) in [7, 11) is 0. The highest BCUT2D eigenvalue weighted by atomic mass is 35.5. The second kappa shape index (κ2) is 16.3. The molecule has 2 aromatic carbocycles. The Kier molecular flexibility index (Phi) is 13.1. The van der Waals surface area contributed by atoms with Crippen LogP contribution in [0.3, 0.4) is 0 Å². The Morgan fingerprint density at radius 2 is 1.77 bits per heavy atom. The van der Waals surface area contributed by atoms with E-state index < -0.39 is 29.6 Å². The van der Waals surface area contributed by atoms with Crippen molar-refractivity contribution in [2.75, 3.05) is 0 Å². The average molecular weight is 570 g/mol. The maximum absolute atomic E-state index is 13.7. The molecule has 0 aliphatic rings. The van der Waals surface area contributed by atoms with Crippen LogP contribution >= 0.6 is 11.6 Å². The lowest BCUT2D eigenvalue weighted by molar-refractivity contribution is -0.137. The number of nitrogens with zero attached hydrogens (tertiary/aromatic N) is 2. The van der Waals surface area contributed by atoms with Gasteiger partial charge in [-0.25, -0.2) is 8.78 Å². The predicted molar refractivity (Wildman–Crippen MR) is 158 cm³/mol. The molecule has 2 rings (SSSR count). The minimum absolute atomic E-state index is 0.0870. The molecule has 0 fully saturated rings. The van der Waals surface area contributed by atoms with Gasteiger partial charge in [-0.2, -0.15) is 0 Å². The molecule has 1 atom stereocenters. The zero-order chi connectivity index (χ0) is 29.7. The van der Waals surface area contributed by atoms with Crippen molar-refractivity contribution in [1.82, 2.24) is 5.32 Å². The van der Waals surface area contributed by atoms with E-state index in [1.54, 1.807) is 44.3 Å². The molecule has 2 aromatic rings. The van der Waals surface area contributed by atoms with E-state index in [0.717, 1.165) is 23.4 Å². The van der Waals surface area contributed by atoms with Gasteiger partial charge < -0.3 is 10.4 Å². The number of amides is 1. The average Bonchev–Trinajstić information content (AvgIpc) is 2.90. The molecule has 0 aliphatic carbocycles. The molecule has 0 bridgehead atoms. The molecule has 0 saturated heterocycles. The first kappa shape index (κ1) is 32.3. The Labute approximate surface area is 238 Å². The molecule has 2 N–H and O–H groups in total. The third-order valence-corrected chi connectivity index (χ3v) is 6.01. The number of carboxylic acid groups (broad SMARTS) is 1. The number of rotatable bonds is 14. The molecular formula is C31H34ClF2N3O3. The van der Waals surface area contributed by atoms with Crippen molar-refractivity contribution in [2.24, 2.45) is 9.98 Å². The van der Waals surface area contributed by atoms with Crippen LogP contribution in [0.5, 0.6) is 0 Å². The SMILES string of the molecule is C=CC(=CC/C=C(\C)Cl)/C=N/c1ccc(C(=O)NC(C)c2ccc(F)c(F)c2)cc1/N=C(\C)CCCCC(=O)O. The molecule has 40 heavy (non-hydrogen) atoms. The van der Waals surface area contributed by atoms with Crippen LogP contribution in [0, 0.1) is 11.6 Å². The van der Waals surface area contributed by atoms with Crippen LogP contribution in [-0.2, 0) is 4.79 Å². The van der Waals surface area contributed by atoms with Crippen molar-refractivity contribution < 1.29 is 23.5 Å². The number of hydrogen-bond acceptors (Lipinski definition) is 4. The molecule has 0 spiro atoms. The van der Waals surface area contributed by atoms with Gasteiger partial charge in [-0.1, -0.05) is 42.5 Å². The molecule has 1 amide bonds. The maximum Gasteiger partial charge on any atom is 0.303 e. The monoisotopic (exact) mass is 569 g/mol. The number of aliphatic carboxylic acids is 1. The van der Waals surface area contributed by atoms with E-state index >= 15 is 0 Å². The Hall–Kier alpha value is -3.91. The highest BCUT2D eigenvalue weighted by Gasteiger charge is 2.15. The van der Waals surface area contributed by atoms with Gasteiger partial charge in [0, 0.05) is 28.9 Å². The van der Waals surface area contributed by atoms with Gasteiger partial charge in [-0.3, -0.25) is 19.6 Å². The third-order valence-electron chi connectivity index (χ3n) is 5.86. The topological polar surface area (TPSA) is 91.1 Å². The molecule has 0 aromatic heterocycles. The van der Waals surface area contributed by atoms with Crippen LogP contribution in [0.15, 0.2) is 81.8 Å². The number of unbranched alkanes of at least 4 members (excludes halogenated alkanes) is 1. The molecule has 0 heterocycles. The van der Waals surface area contributed by atoms with E-state index in [9.17, 15) is 18.4 Å². The summed E-state index contributed by atoms with van der Waals surface area (Å²) in [5.74, 6) is -3.21. The van der Waals surface area contributed by atoms with E-state index in [2.05, 4.69) is 21.9 Å². The van der Waals surface area contributed by atoms with Crippen LogP contribution in [0.4, 0.5) is 20.2 Å². The number of allylic oxidation sites excluding steroid dienone is 5. The summed E-state index contributed by atoms with van der Waals surface area (Å²) in [6.07, 6.45) is 9.55.